The molecule has 0 aromatic heterocycles. The van der Waals surface area contributed by atoms with Gasteiger partial charge in [-0.15, -0.1) is 0 Å². The number of ketones is 1. The molecule has 4 nitrogen and oxygen atoms in total. The second kappa shape index (κ2) is 6.55. The fourth-order valence-electron chi connectivity index (χ4n) is 3.17. The lowest BCUT2D eigenvalue weighted by molar-refractivity contribution is -0.118. The molecular weight excluding hydrogens is 314 g/mol. The lowest BCUT2D eigenvalue weighted by Crippen LogP contribution is -2.31. The summed E-state index contributed by atoms with van der Waals surface area (Å²) in [6.07, 6.45) is 0.233. The molecule has 25 heavy (non-hydrogen) atoms. The first-order chi connectivity index (χ1) is 12.0. The Morgan fingerprint density at radius 1 is 1.08 bits per heavy atom. The number of hydrogen-bond donors (Lipinski definition) is 1. The van der Waals surface area contributed by atoms with Gasteiger partial charge in [-0.1, -0.05) is 43.3 Å². The zero-order valence-corrected chi connectivity index (χ0v) is 14.6. The minimum absolute atomic E-state index is 0.178. The molecule has 0 spiro atoms. The van der Waals surface area contributed by atoms with Gasteiger partial charge in [-0.2, -0.15) is 0 Å². The number of hydrogen-bond acceptors (Lipinski definition) is 3. The summed E-state index contributed by atoms with van der Waals surface area (Å²) in [6.45, 7) is 5.71. The highest BCUT2D eigenvalue weighted by Gasteiger charge is 2.43. The monoisotopic (exact) mass is 335 g/mol. The quantitative estimate of drug-likeness (QED) is 0.912. The van der Waals surface area contributed by atoms with Crippen LogP contribution in [0.25, 0.3) is 0 Å². The molecule has 1 aliphatic rings. The molecule has 2 aromatic carbocycles. The lowest BCUT2D eigenvalue weighted by atomic mass is 9.94. The predicted molar refractivity (Wildman–Crippen MR) is 97.5 cm³/mol. The Balaban J connectivity index is 2.18. The van der Waals surface area contributed by atoms with Gasteiger partial charge in [0.25, 0.3) is 5.91 Å². The molecule has 1 aliphatic heterocycles. The van der Waals surface area contributed by atoms with Crippen LogP contribution in [0.1, 0.15) is 36.1 Å². The van der Waals surface area contributed by atoms with Crippen LogP contribution in [0.4, 0.5) is 5.69 Å². The standard InChI is InChI=1S/C21H21NO3/c1-4-17(23)18-19(15-8-6-5-7-9-15)22(21(25)20(18)24)16-11-10-13(2)14(3)12-16/h5-12,19,24H,4H2,1-3H3. The first-order valence-electron chi connectivity index (χ1n) is 8.37. The minimum atomic E-state index is -0.608. The second-order valence-electron chi connectivity index (χ2n) is 6.30. The van der Waals surface area contributed by atoms with Crippen molar-refractivity contribution in [1.29, 1.82) is 0 Å². The van der Waals surface area contributed by atoms with E-state index in [1.165, 1.54) is 4.90 Å². The smallest absolute Gasteiger partial charge is 0.294 e. The molecule has 1 heterocycles. The molecule has 0 aliphatic carbocycles. The fraction of sp³-hybridized carbons (Fsp3) is 0.238. The Labute approximate surface area is 147 Å². The number of nitrogens with zero attached hydrogens (tertiary/aromatic N) is 1. The molecule has 0 fully saturated rings. The number of anilines is 1. The maximum Gasteiger partial charge on any atom is 0.294 e. The van der Waals surface area contributed by atoms with Crippen LogP contribution >= 0.6 is 0 Å². The fourth-order valence-corrected chi connectivity index (χ4v) is 3.17. The van der Waals surface area contributed by atoms with Crippen molar-refractivity contribution in [3.8, 4) is 0 Å². The van der Waals surface area contributed by atoms with E-state index in [-0.39, 0.29) is 17.8 Å². The van der Waals surface area contributed by atoms with Gasteiger partial charge in [-0.3, -0.25) is 14.5 Å². The Morgan fingerprint density at radius 2 is 1.76 bits per heavy atom. The van der Waals surface area contributed by atoms with Crippen molar-refractivity contribution in [2.45, 2.75) is 33.2 Å². The van der Waals surface area contributed by atoms with E-state index in [1.807, 2.05) is 62.4 Å². The van der Waals surface area contributed by atoms with Gasteiger partial charge in [0.1, 0.15) is 0 Å². The molecule has 128 valence electrons. The highest BCUT2D eigenvalue weighted by Crippen LogP contribution is 2.41. The van der Waals surface area contributed by atoms with Crippen LogP contribution in [0.2, 0.25) is 0 Å². The summed E-state index contributed by atoms with van der Waals surface area (Å²) in [5.74, 6) is -1.20. The van der Waals surface area contributed by atoms with Crippen LogP contribution in [-0.4, -0.2) is 16.8 Å². The van der Waals surface area contributed by atoms with Gasteiger partial charge in [0.2, 0.25) is 0 Å². The van der Waals surface area contributed by atoms with Gasteiger partial charge in [0, 0.05) is 12.1 Å². The van der Waals surface area contributed by atoms with Crippen molar-refractivity contribution in [2.24, 2.45) is 0 Å². The third-order valence-corrected chi connectivity index (χ3v) is 4.71. The maximum absolute atomic E-state index is 12.8. The number of aryl methyl sites for hydroxylation is 2. The van der Waals surface area contributed by atoms with Crippen LogP contribution in [0.5, 0.6) is 0 Å². The minimum Gasteiger partial charge on any atom is -0.503 e. The number of rotatable bonds is 4. The molecule has 0 radical (unpaired) electrons. The first kappa shape index (κ1) is 17.0. The van der Waals surface area contributed by atoms with Crippen LogP contribution in [0, 0.1) is 13.8 Å². The molecule has 1 N–H and O–H groups in total. The number of amides is 1. The van der Waals surface area contributed by atoms with Crippen molar-refractivity contribution < 1.29 is 14.7 Å². The Hall–Kier alpha value is -2.88. The number of Topliss-reactive ketones (excluding diaryl/α,β-unsaturated/α-hetero) is 1. The molecule has 1 amide bonds. The molecule has 0 bridgehead atoms. The lowest BCUT2D eigenvalue weighted by Gasteiger charge is -2.27. The third kappa shape index (κ3) is 2.84. The number of carbonyl (C=O) groups excluding carboxylic acids is 2. The summed E-state index contributed by atoms with van der Waals surface area (Å²) in [5.41, 5.74) is 3.82. The molecule has 0 saturated carbocycles. The number of aliphatic hydroxyl groups excluding tert-OH is 1. The van der Waals surface area contributed by atoms with E-state index in [0.29, 0.717) is 5.69 Å². The summed E-state index contributed by atoms with van der Waals surface area (Å²) < 4.78 is 0. The van der Waals surface area contributed by atoms with E-state index in [1.54, 1.807) is 6.92 Å². The van der Waals surface area contributed by atoms with Gasteiger partial charge in [0.05, 0.1) is 11.6 Å². The zero-order chi connectivity index (χ0) is 18.1. The summed E-state index contributed by atoms with van der Waals surface area (Å²) in [5, 5.41) is 10.4. The zero-order valence-electron chi connectivity index (χ0n) is 14.6. The van der Waals surface area contributed by atoms with Crippen molar-refractivity contribution in [2.75, 3.05) is 4.90 Å². The summed E-state index contributed by atoms with van der Waals surface area (Å²) in [6, 6.07) is 14.4. The first-order valence-corrected chi connectivity index (χ1v) is 8.37. The van der Waals surface area contributed by atoms with Gasteiger partial charge in [-0.05, 0) is 42.7 Å². The van der Waals surface area contributed by atoms with Crippen LogP contribution in [0.3, 0.4) is 0 Å². The van der Waals surface area contributed by atoms with Crippen molar-refractivity contribution in [3.63, 3.8) is 0 Å². The predicted octanol–water partition coefficient (Wildman–Crippen LogP) is 4.18. The molecule has 0 saturated heterocycles. The molecule has 4 heteroatoms. The SMILES string of the molecule is CCC(=O)C1=C(O)C(=O)N(c2ccc(C)c(C)c2)C1c1ccccc1. The molecule has 3 rings (SSSR count). The average Bonchev–Trinajstić information content (AvgIpc) is 2.89. The van der Waals surface area contributed by atoms with Gasteiger partial charge >= 0.3 is 0 Å². The topological polar surface area (TPSA) is 57.6 Å². The number of benzene rings is 2. The van der Waals surface area contributed by atoms with Crippen LogP contribution in [-0.2, 0) is 9.59 Å². The Bertz CT molecular complexity index is 868. The maximum atomic E-state index is 12.8. The number of carbonyl (C=O) groups is 2. The van der Waals surface area contributed by atoms with E-state index in [4.69, 9.17) is 0 Å². The summed E-state index contributed by atoms with van der Waals surface area (Å²) in [7, 11) is 0. The van der Waals surface area contributed by atoms with Gasteiger partial charge in [0.15, 0.2) is 11.5 Å². The van der Waals surface area contributed by atoms with E-state index in [0.717, 1.165) is 16.7 Å². The summed E-state index contributed by atoms with van der Waals surface area (Å²) >= 11 is 0. The normalized spacial score (nSPS) is 17.3. The van der Waals surface area contributed by atoms with E-state index < -0.39 is 17.7 Å². The highest BCUT2D eigenvalue weighted by molar-refractivity contribution is 6.16. The molecule has 2 aromatic rings. The summed E-state index contributed by atoms with van der Waals surface area (Å²) in [4.78, 5) is 26.8. The van der Waals surface area contributed by atoms with Crippen LogP contribution < -0.4 is 4.90 Å². The van der Waals surface area contributed by atoms with Gasteiger partial charge < -0.3 is 5.11 Å². The van der Waals surface area contributed by atoms with E-state index >= 15 is 0 Å². The van der Waals surface area contributed by atoms with E-state index in [2.05, 4.69) is 0 Å². The highest BCUT2D eigenvalue weighted by atomic mass is 16.3. The molecule has 1 atom stereocenters. The van der Waals surface area contributed by atoms with Gasteiger partial charge in [-0.25, -0.2) is 0 Å². The average molecular weight is 335 g/mol. The van der Waals surface area contributed by atoms with Crippen molar-refractivity contribution in [1.82, 2.24) is 0 Å². The van der Waals surface area contributed by atoms with Crippen molar-refractivity contribution in [3.05, 3.63) is 76.6 Å². The second-order valence-corrected chi connectivity index (χ2v) is 6.30. The van der Waals surface area contributed by atoms with Crippen molar-refractivity contribution >= 4 is 17.4 Å². The third-order valence-electron chi connectivity index (χ3n) is 4.71. The Kier molecular flexibility index (Phi) is 4.45. The van der Waals surface area contributed by atoms with E-state index in [9.17, 15) is 14.7 Å². The molecule has 1 unspecified atom stereocenters. The largest absolute Gasteiger partial charge is 0.503 e. The molecular formula is C21H21NO3. The van der Waals surface area contributed by atoms with Crippen LogP contribution in [0.15, 0.2) is 59.9 Å². The Morgan fingerprint density at radius 3 is 2.36 bits per heavy atom. The number of aliphatic hydroxyl groups is 1.